The molecule has 0 atom stereocenters. The number of aromatic nitrogens is 3. The molecule has 0 spiro atoms. The van der Waals surface area contributed by atoms with Gasteiger partial charge in [0.2, 0.25) is 5.91 Å². The summed E-state index contributed by atoms with van der Waals surface area (Å²) in [4.78, 5) is 24.3. The number of carbonyl (C=O) groups is 1. The van der Waals surface area contributed by atoms with Gasteiger partial charge < -0.3 is 10.3 Å². The first-order valence-electron chi connectivity index (χ1n) is 8.26. The van der Waals surface area contributed by atoms with E-state index in [1.807, 2.05) is 24.3 Å². The number of amides is 1. The van der Waals surface area contributed by atoms with Gasteiger partial charge in [0.25, 0.3) is 0 Å². The Bertz CT molecular complexity index is 788. The lowest BCUT2D eigenvalue weighted by molar-refractivity contribution is -0.121. The van der Waals surface area contributed by atoms with Crippen molar-refractivity contribution < 1.29 is 4.79 Å². The Labute approximate surface area is 145 Å². The Balaban J connectivity index is 1.42. The Hall–Kier alpha value is -2.21. The van der Waals surface area contributed by atoms with E-state index in [4.69, 9.17) is 0 Å². The first kappa shape index (κ1) is 16.6. The lowest BCUT2D eigenvalue weighted by Gasteiger charge is -2.03. The molecule has 0 saturated heterocycles. The number of aryl methyl sites for hydroxylation is 1. The van der Waals surface area contributed by atoms with Crippen LogP contribution in [-0.4, -0.2) is 27.4 Å². The fraction of sp³-hybridized carbons (Fsp3) is 0.389. The van der Waals surface area contributed by atoms with Gasteiger partial charge in [-0.15, -0.1) is 11.3 Å². The number of nitrogens with one attached hydrogen (secondary N) is 2. The average molecular weight is 342 g/mol. The molecular formula is C18H22N4OS. The highest BCUT2D eigenvalue weighted by atomic mass is 32.1. The van der Waals surface area contributed by atoms with Gasteiger partial charge in [0, 0.05) is 37.1 Å². The first-order valence-corrected chi connectivity index (χ1v) is 9.14. The zero-order chi connectivity index (χ0) is 16.9. The molecule has 0 aliphatic rings. The topological polar surface area (TPSA) is 70.7 Å². The van der Waals surface area contributed by atoms with Crippen molar-refractivity contribution in [3.8, 4) is 0 Å². The maximum atomic E-state index is 12.0. The number of hydrogen-bond acceptors (Lipinski definition) is 4. The summed E-state index contributed by atoms with van der Waals surface area (Å²) in [7, 11) is 0. The van der Waals surface area contributed by atoms with Crippen molar-refractivity contribution in [1.82, 2.24) is 20.3 Å². The van der Waals surface area contributed by atoms with Gasteiger partial charge in [0.1, 0.15) is 5.82 Å². The van der Waals surface area contributed by atoms with E-state index in [0.29, 0.717) is 25.3 Å². The van der Waals surface area contributed by atoms with Crippen LogP contribution in [0.3, 0.4) is 0 Å². The lowest BCUT2D eigenvalue weighted by atomic mass is 10.2. The van der Waals surface area contributed by atoms with Crippen LogP contribution in [-0.2, 0) is 17.6 Å². The molecule has 0 saturated carbocycles. The average Bonchev–Trinajstić information content (AvgIpc) is 3.19. The van der Waals surface area contributed by atoms with Gasteiger partial charge >= 0.3 is 0 Å². The minimum Gasteiger partial charge on any atom is -0.356 e. The Morgan fingerprint density at radius 3 is 2.83 bits per heavy atom. The normalized spacial score (nSPS) is 11.3. The largest absolute Gasteiger partial charge is 0.356 e. The standard InChI is InChI=1S/C18H22N4OS/c1-12(2)18-20-13(11-24-18)9-10-19-17(23)8-7-16-21-14-5-3-4-6-15(14)22-16/h3-6,11-12H,7-10H2,1-2H3,(H,19,23)(H,21,22). The highest BCUT2D eigenvalue weighted by Crippen LogP contribution is 2.19. The monoisotopic (exact) mass is 342 g/mol. The van der Waals surface area contributed by atoms with Crippen molar-refractivity contribution in [2.24, 2.45) is 0 Å². The third kappa shape index (κ3) is 4.20. The Kier molecular flexibility index (Phi) is 5.25. The van der Waals surface area contributed by atoms with Crippen molar-refractivity contribution in [3.63, 3.8) is 0 Å². The molecule has 3 aromatic rings. The summed E-state index contributed by atoms with van der Waals surface area (Å²) in [5.41, 5.74) is 3.01. The molecule has 2 aromatic heterocycles. The number of hydrogen-bond donors (Lipinski definition) is 2. The van der Waals surface area contributed by atoms with Gasteiger partial charge in [0.05, 0.1) is 21.7 Å². The number of para-hydroxylation sites is 2. The summed E-state index contributed by atoms with van der Waals surface area (Å²) in [6.07, 6.45) is 1.84. The zero-order valence-corrected chi connectivity index (χ0v) is 14.8. The van der Waals surface area contributed by atoms with Crippen molar-refractivity contribution in [2.45, 2.75) is 39.0 Å². The van der Waals surface area contributed by atoms with Crippen molar-refractivity contribution >= 4 is 28.3 Å². The van der Waals surface area contributed by atoms with Crippen LogP contribution in [0.2, 0.25) is 0 Å². The van der Waals surface area contributed by atoms with Crippen LogP contribution in [0.5, 0.6) is 0 Å². The molecule has 0 fully saturated rings. The van der Waals surface area contributed by atoms with E-state index < -0.39 is 0 Å². The molecule has 24 heavy (non-hydrogen) atoms. The van der Waals surface area contributed by atoms with Gasteiger partial charge in [-0.05, 0) is 12.1 Å². The molecule has 2 N–H and O–H groups in total. The van der Waals surface area contributed by atoms with E-state index in [-0.39, 0.29) is 5.91 Å². The first-order chi connectivity index (χ1) is 11.6. The smallest absolute Gasteiger partial charge is 0.220 e. The highest BCUT2D eigenvalue weighted by molar-refractivity contribution is 7.09. The quantitative estimate of drug-likeness (QED) is 0.691. The van der Waals surface area contributed by atoms with Gasteiger partial charge in [-0.1, -0.05) is 26.0 Å². The van der Waals surface area contributed by atoms with Crippen molar-refractivity contribution in [1.29, 1.82) is 0 Å². The van der Waals surface area contributed by atoms with Gasteiger partial charge in [0.15, 0.2) is 0 Å². The Morgan fingerprint density at radius 1 is 1.25 bits per heavy atom. The molecule has 1 amide bonds. The van der Waals surface area contributed by atoms with E-state index in [2.05, 4.69) is 39.5 Å². The molecule has 0 unspecified atom stereocenters. The van der Waals surface area contributed by atoms with Crippen LogP contribution in [0.25, 0.3) is 11.0 Å². The number of thiazole rings is 1. The summed E-state index contributed by atoms with van der Waals surface area (Å²) in [5.74, 6) is 1.37. The van der Waals surface area contributed by atoms with E-state index in [9.17, 15) is 4.79 Å². The minimum absolute atomic E-state index is 0.0507. The fourth-order valence-electron chi connectivity index (χ4n) is 2.48. The summed E-state index contributed by atoms with van der Waals surface area (Å²) < 4.78 is 0. The second-order valence-electron chi connectivity index (χ2n) is 6.13. The summed E-state index contributed by atoms with van der Waals surface area (Å²) >= 11 is 1.69. The van der Waals surface area contributed by atoms with Crippen LogP contribution in [0.15, 0.2) is 29.6 Å². The molecular weight excluding hydrogens is 320 g/mol. The number of aromatic amines is 1. The number of nitrogens with zero attached hydrogens (tertiary/aromatic N) is 2. The SMILES string of the molecule is CC(C)c1nc(CCNC(=O)CCc2nc3ccccc3[nH]2)cs1. The van der Waals surface area contributed by atoms with Crippen LogP contribution >= 0.6 is 11.3 Å². The second kappa shape index (κ2) is 7.57. The van der Waals surface area contributed by atoms with Crippen molar-refractivity contribution in [3.05, 3.63) is 46.2 Å². The number of carbonyl (C=O) groups excluding carboxylic acids is 1. The van der Waals surface area contributed by atoms with E-state index >= 15 is 0 Å². The van der Waals surface area contributed by atoms with Gasteiger partial charge in [-0.2, -0.15) is 0 Å². The van der Waals surface area contributed by atoms with Crippen LogP contribution < -0.4 is 5.32 Å². The molecule has 5 nitrogen and oxygen atoms in total. The lowest BCUT2D eigenvalue weighted by Crippen LogP contribution is -2.26. The zero-order valence-electron chi connectivity index (χ0n) is 14.0. The molecule has 1 aromatic carbocycles. The predicted octanol–water partition coefficient (Wildman–Crippen LogP) is 3.43. The van der Waals surface area contributed by atoms with Gasteiger partial charge in [-0.3, -0.25) is 4.79 Å². The number of fused-ring (bicyclic) bond motifs is 1. The van der Waals surface area contributed by atoms with Gasteiger partial charge in [-0.25, -0.2) is 9.97 Å². The number of H-pyrrole nitrogens is 1. The molecule has 0 bridgehead atoms. The Morgan fingerprint density at radius 2 is 2.08 bits per heavy atom. The van der Waals surface area contributed by atoms with Crippen LogP contribution in [0.4, 0.5) is 0 Å². The van der Waals surface area contributed by atoms with Crippen LogP contribution in [0, 0.1) is 0 Å². The maximum Gasteiger partial charge on any atom is 0.220 e. The maximum absolute atomic E-state index is 12.0. The number of benzene rings is 1. The number of imidazole rings is 1. The molecule has 2 heterocycles. The third-order valence-electron chi connectivity index (χ3n) is 3.79. The summed E-state index contributed by atoms with van der Waals surface area (Å²) in [6, 6.07) is 7.89. The molecule has 126 valence electrons. The molecule has 0 aliphatic carbocycles. The van der Waals surface area contributed by atoms with E-state index in [1.54, 1.807) is 11.3 Å². The van der Waals surface area contributed by atoms with E-state index in [1.165, 1.54) is 0 Å². The van der Waals surface area contributed by atoms with E-state index in [0.717, 1.165) is 34.0 Å². The third-order valence-corrected chi connectivity index (χ3v) is 4.99. The molecule has 6 heteroatoms. The van der Waals surface area contributed by atoms with Crippen molar-refractivity contribution in [2.75, 3.05) is 6.54 Å². The minimum atomic E-state index is 0.0507. The number of rotatable bonds is 7. The second-order valence-corrected chi connectivity index (χ2v) is 7.02. The predicted molar refractivity (Wildman–Crippen MR) is 97.3 cm³/mol. The fourth-order valence-corrected chi connectivity index (χ4v) is 3.35. The van der Waals surface area contributed by atoms with Crippen LogP contribution in [0.1, 0.15) is 42.7 Å². The molecule has 0 aliphatic heterocycles. The summed E-state index contributed by atoms with van der Waals surface area (Å²) in [6.45, 7) is 4.91. The molecule has 3 rings (SSSR count). The molecule has 0 radical (unpaired) electrons. The summed E-state index contributed by atoms with van der Waals surface area (Å²) in [5, 5.41) is 6.19. The highest BCUT2D eigenvalue weighted by Gasteiger charge is 2.08.